The van der Waals surface area contributed by atoms with E-state index < -0.39 is 0 Å². The monoisotopic (exact) mass is 546 g/mol. The SMILES string of the molecule is CCNC(=NCC1(N2CCCCC2)CCN(C)CC1)NC1CCN(C2CCCC2)C1.I. The minimum absolute atomic E-state index is 0. The molecule has 7 heteroatoms. The number of nitrogens with one attached hydrogen (secondary N) is 2. The van der Waals surface area contributed by atoms with Crippen molar-refractivity contribution < 1.29 is 0 Å². The third kappa shape index (κ3) is 6.70. The molecule has 1 saturated carbocycles. The van der Waals surface area contributed by atoms with Crippen LogP contribution in [0.4, 0.5) is 0 Å². The van der Waals surface area contributed by atoms with E-state index in [1.807, 2.05) is 0 Å². The summed E-state index contributed by atoms with van der Waals surface area (Å²) in [4.78, 5) is 13.2. The first-order valence-electron chi connectivity index (χ1n) is 12.9. The molecule has 4 rings (SSSR count). The molecule has 180 valence electrons. The van der Waals surface area contributed by atoms with E-state index in [9.17, 15) is 0 Å². The zero-order valence-corrected chi connectivity index (χ0v) is 22.4. The van der Waals surface area contributed by atoms with Gasteiger partial charge in [-0.15, -0.1) is 24.0 Å². The van der Waals surface area contributed by atoms with Crippen molar-refractivity contribution in [2.45, 2.75) is 88.8 Å². The van der Waals surface area contributed by atoms with Gasteiger partial charge in [0.15, 0.2) is 5.96 Å². The van der Waals surface area contributed by atoms with Gasteiger partial charge in [-0.2, -0.15) is 0 Å². The van der Waals surface area contributed by atoms with Gasteiger partial charge in [0.2, 0.25) is 0 Å². The summed E-state index contributed by atoms with van der Waals surface area (Å²) in [5, 5.41) is 7.36. The number of hydrogen-bond acceptors (Lipinski definition) is 4. The molecule has 0 aromatic carbocycles. The first-order chi connectivity index (χ1) is 14.7. The standard InChI is InChI=1S/C24H46N6.HI/c1-3-25-23(27-21-11-16-29(19-21)22-9-5-6-10-22)26-20-24(12-17-28(2)18-13-24)30-14-7-4-8-15-30;/h21-22H,3-20H2,1-2H3,(H2,25,26,27);1H. The summed E-state index contributed by atoms with van der Waals surface area (Å²) in [5.41, 5.74) is 0.265. The predicted molar refractivity (Wildman–Crippen MR) is 142 cm³/mol. The number of hydrogen-bond donors (Lipinski definition) is 2. The molecule has 0 spiro atoms. The van der Waals surface area contributed by atoms with Crippen LogP contribution in [0.2, 0.25) is 0 Å². The fourth-order valence-corrected chi connectivity index (χ4v) is 6.22. The van der Waals surface area contributed by atoms with Crippen molar-refractivity contribution in [2.24, 2.45) is 4.99 Å². The maximum atomic E-state index is 5.21. The number of piperidine rings is 2. The van der Waals surface area contributed by atoms with Crippen LogP contribution in [-0.2, 0) is 0 Å². The molecule has 0 amide bonds. The van der Waals surface area contributed by atoms with E-state index in [1.54, 1.807) is 0 Å². The molecule has 4 fully saturated rings. The summed E-state index contributed by atoms with van der Waals surface area (Å²) in [7, 11) is 2.27. The molecule has 4 aliphatic rings. The van der Waals surface area contributed by atoms with Crippen molar-refractivity contribution in [1.82, 2.24) is 25.3 Å². The van der Waals surface area contributed by atoms with E-state index in [-0.39, 0.29) is 29.5 Å². The first kappa shape index (κ1) is 25.5. The number of halogens is 1. The molecule has 1 atom stereocenters. The molecular formula is C24H47IN6. The van der Waals surface area contributed by atoms with Gasteiger partial charge in [-0.1, -0.05) is 19.3 Å². The van der Waals surface area contributed by atoms with Gasteiger partial charge in [-0.25, -0.2) is 0 Å². The lowest BCUT2D eigenvalue weighted by Gasteiger charge is -2.49. The first-order valence-corrected chi connectivity index (χ1v) is 12.9. The summed E-state index contributed by atoms with van der Waals surface area (Å²) in [6, 6.07) is 1.39. The van der Waals surface area contributed by atoms with Crippen LogP contribution in [0.15, 0.2) is 4.99 Å². The Bertz CT molecular complexity index is 550. The van der Waals surface area contributed by atoms with Crippen LogP contribution in [-0.4, -0.2) is 97.7 Å². The van der Waals surface area contributed by atoms with E-state index in [0.29, 0.717) is 6.04 Å². The Balaban J connectivity index is 0.00000272. The Labute approximate surface area is 208 Å². The van der Waals surface area contributed by atoms with Crippen LogP contribution in [0.3, 0.4) is 0 Å². The van der Waals surface area contributed by atoms with Gasteiger partial charge in [0.25, 0.3) is 0 Å². The van der Waals surface area contributed by atoms with Crippen LogP contribution < -0.4 is 10.6 Å². The lowest BCUT2D eigenvalue weighted by Crippen LogP contribution is -2.58. The van der Waals surface area contributed by atoms with Gasteiger partial charge < -0.3 is 15.5 Å². The lowest BCUT2D eigenvalue weighted by atomic mass is 9.84. The highest BCUT2D eigenvalue weighted by Crippen LogP contribution is 2.32. The molecule has 1 unspecified atom stereocenters. The van der Waals surface area contributed by atoms with E-state index in [2.05, 4.69) is 39.3 Å². The number of aliphatic imine (C=N–C) groups is 1. The van der Waals surface area contributed by atoms with Crippen molar-refractivity contribution in [2.75, 3.05) is 59.4 Å². The maximum Gasteiger partial charge on any atom is 0.191 e. The summed E-state index contributed by atoms with van der Waals surface area (Å²) >= 11 is 0. The van der Waals surface area contributed by atoms with Crippen molar-refractivity contribution >= 4 is 29.9 Å². The van der Waals surface area contributed by atoms with Crippen LogP contribution in [0, 0.1) is 0 Å². The van der Waals surface area contributed by atoms with E-state index in [4.69, 9.17) is 4.99 Å². The van der Waals surface area contributed by atoms with E-state index in [0.717, 1.165) is 25.1 Å². The molecule has 2 N–H and O–H groups in total. The second-order valence-electron chi connectivity index (χ2n) is 10.3. The minimum Gasteiger partial charge on any atom is -0.357 e. The number of rotatable bonds is 6. The third-order valence-corrected chi connectivity index (χ3v) is 8.22. The molecule has 0 aromatic heterocycles. The largest absolute Gasteiger partial charge is 0.357 e. The number of likely N-dealkylation sites (tertiary alicyclic amines) is 3. The second-order valence-corrected chi connectivity index (χ2v) is 10.3. The molecule has 3 saturated heterocycles. The quantitative estimate of drug-likeness (QED) is 0.305. The Kier molecular flexibility index (Phi) is 10.2. The molecule has 0 radical (unpaired) electrons. The van der Waals surface area contributed by atoms with E-state index >= 15 is 0 Å². The van der Waals surface area contributed by atoms with Gasteiger partial charge in [0.1, 0.15) is 0 Å². The molecule has 0 aromatic rings. The summed E-state index contributed by atoms with van der Waals surface area (Å²) in [5.74, 6) is 1.05. The van der Waals surface area contributed by atoms with Crippen LogP contribution in [0.5, 0.6) is 0 Å². The van der Waals surface area contributed by atoms with Gasteiger partial charge >= 0.3 is 0 Å². The van der Waals surface area contributed by atoms with Crippen molar-refractivity contribution in [1.29, 1.82) is 0 Å². The second kappa shape index (κ2) is 12.4. The topological polar surface area (TPSA) is 46.1 Å². The van der Waals surface area contributed by atoms with Crippen molar-refractivity contribution in [3.8, 4) is 0 Å². The smallest absolute Gasteiger partial charge is 0.191 e. The van der Waals surface area contributed by atoms with Gasteiger partial charge in [0, 0.05) is 37.3 Å². The molecule has 31 heavy (non-hydrogen) atoms. The highest BCUT2D eigenvalue weighted by Gasteiger charge is 2.39. The predicted octanol–water partition coefficient (Wildman–Crippen LogP) is 3.13. The normalized spacial score (nSPS) is 29.1. The Morgan fingerprint density at radius 1 is 0.935 bits per heavy atom. The van der Waals surface area contributed by atoms with Gasteiger partial charge in [0.05, 0.1) is 6.54 Å². The molecule has 6 nitrogen and oxygen atoms in total. The van der Waals surface area contributed by atoms with E-state index in [1.165, 1.54) is 103 Å². The van der Waals surface area contributed by atoms with Crippen LogP contribution in [0.1, 0.15) is 71.1 Å². The summed E-state index contributed by atoms with van der Waals surface area (Å²) < 4.78 is 0. The molecule has 3 aliphatic heterocycles. The molecule has 1 aliphatic carbocycles. The summed E-state index contributed by atoms with van der Waals surface area (Å²) in [6.07, 6.45) is 13.6. The van der Waals surface area contributed by atoms with Crippen LogP contribution in [0.25, 0.3) is 0 Å². The maximum absolute atomic E-state index is 5.21. The Hall–Kier alpha value is -0.120. The van der Waals surface area contributed by atoms with Gasteiger partial charge in [-0.3, -0.25) is 14.8 Å². The average molecular weight is 547 g/mol. The van der Waals surface area contributed by atoms with Crippen molar-refractivity contribution in [3.63, 3.8) is 0 Å². The highest BCUT2D eigenvalue weighted by atomic mass is 127. The lowest BCUT2D eigenvalue weighted by molar-refractivity contribution is 0.0208. The molecular weight excluding hydrogens is 499 g/mol. The third-order valence-electron chi connectivity index (χ3n) is 8.22. The van der Waals surface area contributed by atoms with Crippen LogP contribution >= 0.6 is 24.0 Å². The fraction of sp³-hybridized carbons (Fsp3) is 0.958. The highest BCUT2D eigenvalue weighted by molar-refractivity contribution is 14.0. The summed E-state index contributed by atoms with van der Waals surface area (Å²) in [6.45, 7) is 11.4. The Morgan fingerprint density at radius 2 is 1.65 bits per heavy atom. The Morgan fingerprint density at radius 3 is 2.32 bits per heavy atom. The van der Waals surface area contributed by atoms with Gasteiger partial charge in [-0.05, 0) is 85.1 Å². The minimum atomic E-state index is 0. The zero-order chi connectivity index (χ0) is 20.8. The number of guanidine groups is 1. The fourth-order valence-electron chi connectivity index (χ4n) is 6.22. The number of nitrogens with zero attached hydrogens (tertiary/aromatic N) is 4. The van der Waals surface area contributed by atoms with Crippen molar-refractivity contribution in [3.05, 3.63) is 0 Å². The molecule has 3 heterocycles. The zero-order valence-electron chi connectivity index (χ0n) is 20.1. The molecule has 0 bridgehead atoms. The average Bonchev–Trinajstić information content (AvgIpc) is 3.46.